The van der Waals surface area contributed by atoms with Crippen LogP contribution < -0.4 is 10.6 Å². The van der Waals surface area contributed by atoms with E-state index in [1.54, 1.807) is 6.07 Å². The normalized spacial score (nSPS) is 14.9. The third kappa shape index (κ3) is 2.00. The van der Waals surface area contributed by atoms with Gasteiger partial charge in [0.15, 0.2) is 0 Å². The van der Waals surface area contributed by atoms with Gasteiger partial charge in [0.25, 0.3) is 0 Å². The van der Waals surface area contributed by atoms with Crippen molar-refractivity contribution in [1.29, 1.82) is 5.41 Å². The van der Waals surface area contributed by atoms with E-state index >= 15 is 0 Å². The van der Waals surface area contributed by atoms with Crippen LogP contribution in [0.15, 0.2) is 18.2 Å². The zero-order valence-electron chi connectivity index (χ0n) is 9.33. The van der Waals surface area contributed by atoms with Gasteiger partial charge in [0.1, 0.15) is 5.84 Å². The van der Waals surface area contributed by atoms with E-state index in [0.29, 0.717) is 16.6 Å². The van der Waals surface area contributed by atoms with Crippen molar-refractivity contribution < 1.29 is 0 Å². The van der Waals surface area contributed by atoms with E-state index in [1.165, 1.54) is 12.8 Å². The molecular weight excluding hydrogens is 222 g/mol. The number of hydrogen-bond acceptors (Lipinski definition) is 2. The number of nitrogens with zero attached hydrogens (tertiary/aromatic N) is 1. The van der Waals surface area contributed by atoms with Crippen molar-refractivity contribution >= 4 is 23.1 Å². The molecule has 0 aliphatic heterocycles. The number of anilines is 1. The van der Waals surface area contributed by atoms with Crippen molar-refractivity contribution in [2.24, 2.45) is 5.73 Å². The van der Waals surface area contributed by atoms with Crippen LogP contribution >= 0.6 is 11.6 Å². The smallest absolute Gasteiger partial charge is 0.126 e. The topological polar surface area (TPSA) is 53.1 Å². The minimum atomic E-state index is 0.0414. The Morgan fingerprint density at radius 1 is 1.56 bits per heavy atom. The molecule has 3 nitrogen and oxygen atoms in total. The first-order valence-corrected chi connectivity index (χ1v) is 5.92. The molecule has 0 aromatic heterocycles. The van der Waals surface area contributed by atoms with Gasteiger partial charge in [-0.25, -0.2) is 0 Å². The minimum Gasteiger partial charge on any atom is -0.384 e. The lowest BCUT2D eigenvalue weighted by atomic mass is 10.1. The molecule has 86 valence electrons. The summed E-state index contributed by atoms with van der Waals surface area (Å²) in [6.45, 7) is 3.04. The third-order valence-electron chi connectivity index (χ3n) is 2.90. The first kappa shape index (κ1) is 11.3. The van der Waals surface area contributed by atoms with E-state index in [-0.39, 0.29) is 5.84 Å². The molecule has 0 amide bonds. The predicted octanol–water partition coefficient (Wildman–Crippen LogP) is 2.61. The van der Waals surface area contributed by atoms with E-state index in [4.69, 9.17) is 22.7 Å². The molecule has 0 radical (unpaired) electrons. The van der Waals surface area contributed by atoms with Gasteiger partial charge in [-0.2, -0.15) is 0 Å². The maximum atomic E-state index is 7.61. The van der Waals surface area contributed by atoms with Gasteiger partial charge in [-0.3, -0.25) is 5.41 Å². The molecule has 1 aliphatic carbocycles. The fourth-order valence-electron chi connectivity index (χ4n) is 2.03. The second kappa shape index (κ2) is 4.34. The Morgan fingerprint density at radius 2 is 2.25 bits per heavy atom. The van der Waals surface area contributed by atoms with Gasteiger partial charge in [0, 0.05) is 18.3 Å². The highest BCUT2D eigenvalue weighted by Crippen LogP contribution is 2.35. The van der Waals surface area contributed by atoms with E-state index in [0.717, 1.165) is 12.2 Å². The fraction of sp³-hybridized carbons (Fsp3) is 0.417. The van der Waals surface area contributed by atoms with Crippen LogP contribution in [-0.2, 0) is 0 Å². The molecule has 0 bridgehead atoms. The second-order valence-electron chi connectivity index (χ2n) is 4.06. The maximum absolute atomic E-state index is 7.61. The average molecular weight is 238 g/mol. The Kier molecular flexibility index (Phi) is 3.06. The van der Waals surface area contributed by atoms with Gasteiger partial charge < -0.3 is 10.6 Å². The number of nitrogen functional groups attached to an aromatic ring is 1. The highest BCUT2D eigenvalue weighted by molar-refractivity contribution is 6.34. The summed E-state index contributed by atoms with van der Waals surface area (Å²) in [7, 11) is 0. The van der Waals surface area contributed by atoms with Crippen molar-refractivity contribution in [3.8, 4) is 0 Å². The van der Waals surface area contributed by atoms with Crippen LogP contribution in [0.25, 0.3) is 0 Å². The van der Waals surface area contributed by atoms with Crippen LogP contribution in [0.3, 0.4) is 0 Å². The monoisotopic (exact) mass is 237 g/mol. The van der Waals surface area contributed by atoms with Crippen LogP contribution in [0.5, 0.6) is 0 Å². The molecule has 0 spiro atoms. The van der Waals surface area contributed by atoms with Gasteiger partial charge in [0.2, 0.25) is 0 Å². The van der Waals surface area contributed by atoms with Crippen molar-refractivity contribution in [3.63, 3.8) is 0 Å². The molecule has 0 unspecified atom stereocenters. The summed E-state index contributed by atoms with van der Waals surface area (Å²) in [6, 6.07) is 6.28. The molecule has 1 aromatic rings. The molecule has 0 saturated heterocycles. The largest absolute Gasteiger partial charge is 0.384 e. The first-order chi connectivity index (χ1) is 7.65. The van der Waals surface area contributed by atoms with Gasteiger partial charge in [-0.1, -0.05) is 17.7 Å². The fourth-order valence-corrected chi connectivity index (χ4v) is 2.30. The van der Waals surface area contributed by atoms with Gasteiger partial charge >= 0.3 is 0 Å². The van der Waals surface area contributed by atoms with Gasteiger partial charge in [0.05, 0.1) is 10.6 Å². The molecule has 1 saturated carbocycles. The SMILES string of the molecule is CCN(c1cccc(Cl)c1C(=N)N)C1CC1. The predicted molar refractivity (Wildman–Crippen MR) is 68.5 cm³/mol. The Hall–Kier alpha value is -1.22. The van der Waals surface area contributed by atoms with Crippen LogP contribution in [0, 0.1) is 5.41 Å². The summed E-state index contributed by atoms with van der Waals surface area (Å²) in [5, 5.41) is 8.17. The summed E-state index contributed by atoms with van der Waals surface area (Å²) >= 11 is 6.10. The number of nitrogens with one attached hydrogen (secondary N) is 1. The number of amidine groups is 1. The Labute approximate surface area is 101 Å². The highest BCUT2D eigenvalue weighted by atomic mass is 35.5. The zero-order chi connectivity index (χ0) is 11.7. The minimum absolute atomic E-state index is 0.0414. The van der Waals surface area contributed by atoms with Crippen molar-refractivity contribution in [3.05, 3.63) is 28.8 Å². The van der Waals surface area contributed by atoms with Crippen LogP contribution in [0.4, 0.5) is 5.69 Å². The van der Waals surface area contributed by atoms with E-state index in [1.807, 2.05) is 12.1 Å². The van der Waals surface area contributed by atoms with Crippen LogP contribution in [0.2, 0.25) is 5.02 Å². The number of rotatable bonds is 4. The summed E-state index contributed by atoms with van der Waals surface area (Å²) in [4.78, 5) is 2.28. The van der Waals surface area contributed by atoms with Gasteiger partial charge in [-0.15, -0.1) is 0 Å². The van der Waals surface area contributed by atoms with Crippen LogP contribution in [0.1, 0.15) is 25.3 Å². The molecule has 1 aromatic carbocycles. The molecule has 16 heavy (non-hydrogen) atoms. The molecule has 4 heteroatoms. The first-order valence-electron chi connectivity index (χ1n) is 5.54. The molecule has 3 N–H and O–H groups in total. The summed E-state index contributed by atoms with van der Waals surface area (Å²) < 4.78 is 0. The zero-order valence-corrected chi connectivity index (χ0v) is 10.1. The van der Waals surface area contributed by atoms with Crippen molar-refractivity contribution in [2.45, 2.75) is 25.8 Å². The van der Waals surface area contributed by atoms with Gasteiger partial charge in [-0.05, 0) is 31.9 Å². The number of halogens is 1. The lowest BCUT2D eigenvalue weighted by molar-refractivity contribution is 0.825. The Morgan fingerprint density at radius 3 is 2.75 bits per heavy atom. The standard InChI is InChI=1S/C12H16ClN3/c1-2-16(8-6-7-8)10-5-3-4-9(13)11(10)12(14)15/h3-5,8H,2,6-7H2,1H3,(H3,14,15). The molecule has 0 atom stereocenters. The van der Waals surface area contributed by atoms with Crippen molar-refractivity contribution in [2.75, 3.05) is 11.4 Å². The highest BCUT2D eigenvalue weighted by Gasteiger charge is 2.30. The molecule has 2 rings (SSSR count). The third-order valence-corrected chi connectivity index (χ3v) is 3.21. The molecule has 1 fully saturated rings. The van der Waals surface area contributed by atoms with Crippen molar-refractivity contribution in [1.82, 2.24) is 0 Å². The molecule has 0 heterocycles. The van der Waals surface area contributed by atoms with Crippen LogP contribution in [-0.4, -0.2) is 18.4 Å². The summed E-state index contributed by atoms with van der Waals surface area (Å²) in [5.74, 6) is 0.0414. The lowest BCUT2D eigenvalue weighted by Crippen LogP contribution is -2.28. The second-order valence-corrected chi connectivity index (χ2v) is 4.47. The van der Waals surface area contributed by atoms with E-state index < -0.39 is 0 Å². The average Bonchev–Trinajstić information content (AvgIpc) is 3.02. The van der Waals surface area contributed by atoms with E-state index in [9.17, 15) is 0 Å². The number of hydrogen-bond donors (Lipinski definition) is 2. The Balaban J connectivity index is 2.45. The maximum Gasteiger partial charge on any atom is 0.126 e. The number of benzene rings is 1. The molecular formula is C12H16ClN3. The number of nitrogens with two attached hydrogens (primary N) is 1. The summed E-state index contributed by atoms with van der Waals surface area (Å²) in [6.07, 6.45) is 2.44. The Bertz CT molecular complexity index is 413. The molecule has 1 aliphatic rings. The summed E-state index contributed by atoms with van der Waals surface area (Å²) in [5.41, 5.74) is 7.26. The van der Waals surface area contributed by atoms with E-state index in [2.05, 4.69) is 11.8 Å². The lowest BCUT2D eigenvalue weighted by Gasteiger charge is -2.25. The quantitative estimate of drug-likeness (QED) is 0.625.